The topological polar surface area (TPSA) is 23.5 Å². The first-order chi connectivity index (χ1) is 8.09. The molecule has 0 bridgehead atoms. The Hall–Kier alpha value is -0.0800. The second-order valence-electron chi connectivity index (χ2n) is 7.76. The summed E-state index contributed by atoms with van der Waals surface area (Å²) < 4.78 is 0. The summed E-state index contributed by atoms with van der Waals surface area (Å²) in [6.45, 7) is 13.9. The first-order valence-corrected chi connectivity index (χ1v) is 7.50. The molecule has 1 aliphatic rings. The Morgan fingerprint density at radius 2 is 1.67 bits per heavy atom. The predicted molar refractivity (Wildman–Crippen MR) is 78.7 cm³/mol. The quantitative estimate of drug-likeness (QED) is 0.831. The maximum atomic E-state index is 10.0. The third-order valence-corrected chi connectivity index (χ3v) is 5.26. The van der Waals surface area contributed by atoms with Gasteiger partial charge in [-0.05, 0) is 58.4 Å². The van der Waals surface area contributed by atoms with Crippen molar-refractivity contribution in [2.45, 2.75) is 84.9 Å². The van der Waals surface area contributed by atoms with Crippen LogP contribution in [-0.2, 0) is 0 Å². The first-order valence-electron chi connectivity index (χ1n) is 7.50. The lowest BCUT2D eigenvalue weighted by molar-refractivity contribution is -0.0377. The van der Waals surface area contributed by atoms with Crippen LogP contribution in [0.25, 0.3) is 0 Å². The minimum atomic E-state index is -0.108. The van der Waals surface area contributed by atoms with Gasteiger partial charge in [-0.15, -0.1) is 0 Å². The number of nitrogens with zero attached hydrogens (tertiary/aromatic N) is 1. The average Bonchev–Trinajstić information content (AvgIpc) is 2.26. The lowest BCUT2D eigenvalue weighted by Gasteiger charge is -2.50. The number of hydrogen-bond donors (Lipinski definition) is 1. The summed E-state index contributed by atoms with van der Waals surface area (Å²) in [5.74, 6) is 0.690. The van der Waals surface area contributed by atoms with Gasteiger partial charge in [0.15, 0.2) is 0 Å². The number of aliphatic hydroxyl groups is 1. The summed E-state index contributed by atoms with van der Waals surface area (Å²) in [4.78, 5) is 2.48. The summed E-state index contributed by atoms with van der Waals surface area (Å²) in [5.41, 5.74) is 0.536. The number of aliphatic hydroxyl groups excluding tert-OH is 1. The Morgan fingerprint density at radius 1 is 1.11 bits per heavy atom. The molecule has 108 valence electrons. The lowest BCUT2D eigenvalue weighted by atomic mass is 9.66. The highest BCUT2D eigenvalue weighted by Crippen LogP contribution is 2.43. The molecule has 0 aliphatic heterocycles. The fourth-order valence-electron chi connectivity index (χ4n) is 3.22. The molecule has 1 aliphatic carbocycles. The van der Waals surface area contributed by atoms with Crippen LogP contribution in [0.15, 0.2) is 0 Å². The SMILES string of the molecule is CCC(C)(C)C1CCC(O)CC1N(C)C(C)(C)C. The molecule has 18 heavy (non-hydrogen) atoms. The Kier molecular flexibility index (Phi) is 4.88. The van der Waals surface area contributed by atoms with Gasteiger partial charge in [-0.2, -0.15) is 0 Å². The van der Waals surface area contributed by atoms with Gasteiger partial charge in [-0.25, -0.2) is 0 Å². The van der Waals surface area contributed by atoms with Crippen LogP contribution >= 0.6 is 0 Å². The van der Waals surface area contributed by atoms with E-state index in [0.29, 0.717) is 17.4 Å². The summed E-state index contributed by atoms with van der Waals surface area (Å²) in [6, 6.07) is 0.503. The fraction of sp³-hybridized carbons (Fsp3) is 1.00. The molecule has 0 aromatic heterocycles. The summed E-state index contributed by atoms with van der Waals surface area (Å²) >= 11 is 0. The molecule has 2 nitrogen and oxygen atoms in total. The number of hydrogen-bond acceptors (Lipinski definition) is 2. The Bertz CT molecular complexity index is 267. The zero-order valence-electron chi connectivity index (χ0n) is 13.5. The maximum Gasteiger partial charge on any atom is 0.0555 e. The molecule has 0 spiro atoms. The van der Waals surface area contributed by atoms with Gasteiger partial charge in [0.1, 0.15) is 0 Å². The highest BCUT2D eigenvalue weighted by atomic mass is 16.3. The molecule has 0 radical (unpaired) electrons. The van der Waals surface area contributed by atoms with Crippen LogP contribution in [0.2, 0.25) is 0 Å². The molecule has 0 aromatic carbocycles. The van der Waals surface area contributed by atoms with E-state index in [9.17, 15) is 5.11 Å². The molecule has 0 saturated heterocycles. The molecule has 3 unspecified atom stereocenters. The molecule has 0 aromatic rings. The van der Waals surface area contributed by atoms with Crippen molar-refractivity contribution in [1.29, 1.82) is 0 Å². The van der Waals surface area contributed by atoms with Gasteiger partial charge in [0, 0.05) is 11.6 Å². The minimum Gasteiger partial charge on any atom is -0.393 e. The van der Waals surface area contributed by atoms with Gasteiger partial charge >= 0.3 is 0 Å². The van der Waals surface area contributed by atoms with Gasteiger partial charge in [0.25, 0.3) is 0 Å². The van der Waals surface area contributed by atoms with E-state index in [1.807, 2.05) is 0 Å². The van der Waals surface area contributed by atoms with Gasteiger partial charge < -0.3 is 5.11 Å². The zero-order chi connectivity index (χ0) is 14.1. The van der Waals surface area contributed by atoms with E-state index in [4.69, 9.17) is 0 Å². The van der Waals surface area contributed by atoms with Crippen molar-refractivity contribution in [3.05, 3.63) is 0 Å². The van der Waals surface area contributed by atoms with Gasteiger partial charge in [0.05, 0.1) is 6.10 Å². The standard InChI is InChI=1S/C16H33NO/c1-8-16(5,6)13-10-9-12(18)11-14(13)17(7)15(2,3)4/h12-14,18H,8-11H2,1-7H3. The van der Waals surface area contributed by atoms with Crippen molar-refractivity contribution in [2.24, 2.45) is 11.3 Å². The molecule has 3 atom stereocenters. The van der Waals surface area contributed by atoms with E-state index in [1.54, 1.807) is 0 Å². The smallest absolute Gasteiger partial charge is 0.0555 e. The highest BCUT2D eigenvalue weighted by Gasteiger charge is 2.42. The van der Waals surface area contributed by atoms with E-state index in [-0.39, 0.29) is 11.6 Å². The summed E-state index contributed by atoms with van der Waals surface area (Å²) in [5, 5.41) is 10.0. The van der Waals surface area contributed by atoms with Crippen molar-refractivity contribution in [1.82, 2.24) is 4.90 Å². The van der Waals surface area contributed by atoms with E-state index in [2.05, 4.69) is 53.5 Å². The van der Waals surface area contributed by atoms with Crippen molar-refractivity contribution < 1.29 is 5.11 Å². The van der Waals surface area contributed by atoms with Gasteiger partial charge in [-0.3, -0.25) is 4.90 Å². The van der Waals surface area contributed by atoms with Gasteiger partial charge in [-0.1, -0.05) is 27.2 Å². The van der Waals surface area contributed by atoms with Crippen molar-refractivity contribution in [3.8, 4) is 0 Å². The van der Waals surface area contributed by atoms with Crippen LogP contribution in [0, 0.1) is 11.3 Å². The molecule has 2 heteroatoms. The normalized spacial score (nSPS) is 30.8. The van der Waals surface area contributed by atoms with Crippen LogP contribution in [0.4, 0.5) is 0 Å². The van der Waals surface area contributed by atoms with E-state index in [1.165, 1.54) is 6.42 Å². The highest BCUT2D eigenvalue weighted by molar-refractivity contribution is 4.95. The Morgan fingerprint density at radius 3 is 2.11 bits per heavy atom. The monoisotopic (exact) mass is 255 g/mol. The maximum absolute atomic E-state index is 10.0. The van der Waals surface area contributed by atoms with Crippen LogP contribution in [0.1, 0.15) is 67.2 Å². The predicted octanol–water partition coefficient (Wildman–Crippen LogP) is 3.68. The molecular formula is C16H33NO. The second kappa shape index (κ2) is 5.50. The van der Waals surface area contributed by atoms with E-state index >= 15 is 0 Å². The Balaban J connectivity index is 2.94. The van der Waals surface area contributed by atoms with Crippen LogP contribution in [0.3, 0.4) is 0 Å². The molecule has 0 heterocycles. The van der Waals surface area contributed by atoms with E-state index < -0.39 is 0 Å². The number of rotatable bonds is 3. The molecule has 1 fully saturated rings. The third kappa shape index (κ3) is 3.48. The third-order valence-electron chi connectivity index (χ3n) is 5.26. The van der Waals surface area contributed by atoms with Crippen molar-refractivity contribution in [2.75, 3.05) is 7.05 Å². The molecule has 1 N–H and O–H groups in total. The van der Waals surface area contributed by atoms with Crippen LogP contribution in [-0.4, -0.2) is 34.7 Å². The Labute approximate surface area is 114 Å². The summed E-state index contributed by atoms with van der Waals surface area (Å²) in [7, 11) is 2.22. The van der Waals surface area contributed by atoms with Crippen LogP contribution in [0.5, 0.6) is 0 Å². The minimum absolute atomic E-state index is 0.108. The van der Waals surface area contributed by atoms with Crippen LogP contribution < -0.4 is 0 Å². The largest absolute Gasteiger partial charge is 0.393 e. The molecule has 1 rings (SSSR count). The molecule has 1 saturated carbocycles. The average molecular weight is 255 g/mol. The first kappa shape index (κ1) is 16.0. The molecular weight excluding hydrogens is 222 g/mol. The van der Waals surface area contributed by atoms with E-state index in [0.717, 1.165) is 19.3 Å². The van der Waals surface area contributed by atoms with Crippen molar-refractivity contribution >= 4 is 0 Å². The second-order valence-corrected chi connectivity index (χ2v) is 7.76. The zero-order valence-corrected chi connectivity index (χ0v) is 13.5. The summed E-state index contributed by atoms with van der Waals surface area (Å²) in [6.07, 6.45) is 4.17. The van der Waals surface area contributed by atoms with Gasteiger partial charge in [0.2, 0.25) is 0 Å². The molecule has 0 amide bonds. The lowest BCUT2D eigenvalue weighted by Crippen LogP contribution is -2.54. The fourth-order valence-corrected chi connectivity index (χ4v) is 3.22. The van der Waals surface area contributed by atoms with Crippen molar-refractivity contribution in [3.63, 3.8) is 0 Å².